The predicted octanol–water partition coefficient (Wildman–Crippen LogP) is 2.80. The second-order valence-corrected chi connectivity index (χ2v) is 6.93. The zero-order valence-corrected chi connectivity index (χ0v) is 13.1. The lowest BCUT2D eigenvalue weighted by atomic mass is 9.93. The first-order valence-electron chi connectivity index (χ1n) is 8.21. The van der Waals surface area contributed by atoms with Gasteiger partial charge >= 0.3 is 0 Å². The number of hydrogen-bond donors (Lipinski definition) is 1. The van der Waals surface area contributed by atoms with E-state index >= 15 is 0 Å². The molecule has 2 aliphatic rings. The van der Waals surface area contributed by atoms with E-state index in [-0.39, 0.29) is 5.60 Å². The Morgan fingerprint density at radius 3 is 2.74 bits per heavy atom. The third-order valence-electron chi connectivity index (χ3n) is 4.53. The van der Waals surface area contributed by atoms with Gasteiger partial charge in [0.1, 0.15) is 0 Å². The van der Waals surface area contributed by atoms with E-state index in [4.69, 9.17) is 4.74 Å². The van der Waals surface area contributed by atoms with E-state index in [1.54, 1.807) is 0 Å². The molecule has 0 amide bonds. The Bertz CT molecular complexity index is 267. The molecule has 0 aromatic heterocycles. The van der Waals surface area contributed by atoms with Gasteiger partial charge in [-0.25, -0.2) is 0 Å². The van der Waals surface area contributed by atoms with Gasteiger partial charge in [0.25, 0.3) is 0 Å². The smallest absolute Gasteiger partial charge is 0.0641 e. The summed E-state index contributed by atoms with van der Waals surface area (Å²) in [7, 11) is 0. The highest BCUT2D eigenvalue weighted by atomic mass is 16.5. The minimum atomic E-state index is 0.0644. The second kappa shape index (κ2) is 7.05. The van der Waals surface area contributed by atoms with Gasteiger partial charge in [0.05, 0.1) is 5.60 Å². The largest absolute Gasteiger partial charge is 0.375 e. The average molecular weight is 268 g/mol. The zero-order chi connectivity index (χ0) is 13.7. The lowest BCUT2D eigenvalue weighted by molar-refractivity contribution is -0.0643. The van der Waals surface area contributed by atoms with E-state index < -0.39 is 0 Å². The molecule has 0 radical (unpaired) electrons. The number of hydrogen-bond acceptors (Lipinski definition) is 3. The Morgan fingerprint density at radius 1 is 1.16 bits per heavy atom. The number of nitrogens with one attached hydrogen (secondary N) is 1. The van der Waals surface area contributed by atoms with Gasteiger partial charge in [-0.2, -0.15) is 0 Å². The van der Waals surface area contributed by atoms with Crippen molar-refractivity contribution >= 4 is 0 Å². The molecule has 0 aromatic rings. The van der Waals surface area contributed by atoms with Crippen LogP contribution in [0.3, 0.4) is 0 Å². The van der Waals surface area contributed by atoms with E-state index in [1.807, 2.05) is 0 Å². The van der Waals surface area contributed by atoms with Crippen LogP contribution in [-0.2, 0) is 4.74 Å². The van der Waals surface area contributed by atoms with E-state index in [0.717, 1.165) is 19.1 Å². The third kappa shape index (κ3) is 5.05. The summed E-state index contributed by atoms with van der Waals surface area (Å²) in [5, 5.41) is 3.91. The fourth-order valence-electron chi connectivity index (χ4n) is 3.57. The first kappa shape index (κ1) is 15.3. The minimum absolute atomic E-state index is 0.0644. The van der Waals surface area contributed by atoms with Crippen molar-refractivity contribution in [1.82, 2.24) is 10.2 Å². The van der Waals surface area contributed by atoms with Crippen LogP contribution in [0.25, 0.3) is 0 Å². The SMILES string of the molecule is CCCN1CCCC(NC2CCOC(C)(C)C2)CC1. The van der Waals surface area contributed by atoms with Gasteiger partial charge in [0, 0.05) is 18.7 Å². The van der Waals surface area contributed by atoms with Crippen LogP contribution in [0, 0.1) is 0 Å². The molecule has 2 fully saturated rings. The van der Waals surface area contributed by atoms with Crippen LogP contribution >= 0.6 is 0 Å². The molecule has 2 aliphatic heterocycles. The normalized spacial score (nSPS) is 33.0. The fraction of sp³-hybridized carbons (Fsp3) is 1.00. The maximum absolute atomic E-state index is 5.81. The van der Waals surface area contributed by atoms with Crippen LogP contribution in [0.2, 0.25) is 0 Å². The van der Waals surface area contributed by atoms with Crippen LogP contribution in [0.1, 0.15) is 59.3 Å². The highest BCUT2D eigenvalue weighted by Crippen LogP contribution is 2.25. The Kier molecular flexibility index (Phi) is 5.67. The highest BCUT2D eigenvalue weighted by Gasteiger charge is 2.30. The van der Waals surface area contributed by atoms with Crippen LogP contribution in [0.5, 0.6) is 0 Å². The summed E-state index contributed by atoms with van der Waals surface area (Å²) >= 11 is 0. The van der Waals surface area contributed by atoms with E-state index in [9.17, 15) is 0 Å². The molecule has 2 heterocycles. The molecular formula is C16H32N2O. The zero-order valence-electron chi connectivity index (χ0n) is 13.1. The van der Waals surface area contributed by atoms with Crippen molar-refractivity contribution in [2.75, 3.05) is 26.2 Å². The standard InChI is InChI=1S/C16H32N2O/c1-4-9-18-10-5-6-14(7-11-18)17-15-8-12-19-16(2,3)13-15/h14-15,17H,4-13H2,1-3H3. The van der Waals surface area contributed by atoms with E-state index in [1.165, 1.54) is 51.7 Å². The van der Waals surface area contributed by atoms with Gasteiger partial charge in [-0.3, -0.25) is 0 Å². The average Bonchev–Trinajstić information content (AvgIpc) is 2.54. The topological polar surface area (TPSA) is 24.5 Å². The lowest BCUT2D eigenvalue weighted by Gasteiger charge is -2.37. The number of ether oxygens (including phenoxy) is 1. The highest BCUT2D eigenvalue weighted by molar-refractivity contribution is 4.86. The van der Waals surface area contributed by atoms with E-state index in [0.29, 0.717) is 6.04 Å². The molecule has 2 rings (SSSR count). The minimum Gasteiger partial charge on any atom is -0.375 e. The molecule has 1 N–H and O–H groups in total. The first-order valence-corrected chi connectivity index (χ1v) is 8.21. The Hall–Kier alpha value is -0.120. The Labute approximate surface area is 119 Å². The molecular weight excluding hydrogens is 236 g/mol. The Morgan fingerprint density at radius 2 is 2.00 bits per heavy atom. The number of nitrogens with zero attached hydrogens (tertiary/aromatic N) is 1. The van der Waals surface area contributed by atoms with Crippen LogP contribution in [0.15, 0.2) is 0 Å². The molecule has 3 nitrogen and oxygen atoms in total. The van der Waals surface area contributed by atoms with Gasteiger partial charge in [-0.05, 0) is 72.0 Å². The molecule has 2 unspecified atom stereocenters. The molecule has 0 bridgehead atoms. The van der Waals surface area contributed by atoms with Crippen molar-refractivity contribution in [3.05, 3.63) is 0 Å². The van der Waals surface area contributed by atoms with Gasteiger partial charge in [0.2, 0.25) is 0 Å². The molecule has 112 valence electrons. The maximum Gasteiger partial charge on any atom is 0.0641 e. The van der Waals surface area contributed by atoms with Crippen molar-refractivity contribution in [3.8, 4) is 0 Å². The van der Waals surface area contributed by atoms with Crippen molar-refractivity contribution < 1.29 is 4.74 Å². The first-order chi connectivity index (χ1) is 9.09. The summed E-state index contributed by atoms with van der Waals surface area (Å²) in [5.74, 6) is 0. The van der Waals surface area contributed by atoms with Crippen molar-refractivity contribution in [2.45, 2.75) is 77.0 Å². The third-order valence-corrected chi connectivity index (χ3v) is 4.53. The van der Waals surface area contributed by atoms with Crippen molar-refractivity contribution in [1.29, 1.82) is 0 Å². The summed E-state index contributed by atoms with van der Waals surface area (Å²) in [6.45, 7) is 11.5. The molecule has 0 aromatic carbocycles. The molecule has 0 saturated carbocycles. The molecule has 0 aliphatic carbocycles. The summed E-state index contributed by atoms with van der Waals surface area (Å²) < 4.78 is 5.81. The fourth-order valence-corrected chi connectivity index (χ4v) is 3.57. The summed E-state index contributed by atoms with van der Waals surface area (Å²) in [6, 6.07) is 1.38. The van der Waals surface area contributed by atoms with Gasteiger partial charge < -0.3 is 15.0 Å². The van der Waals surface area contributed by atoms with Crippen molar-refractivity contribution in [2.24, 2.45) is 0 Å². The molecule has 0 spiro atoms. The second-order valence-electron chi connectivity index (χ2n) is 6.93. The van der Waals surface area contributed by atoms with Crippen molar-refractivity contribution in [3.63, 3.8) is 0 Å². The lowest BCUT2D eigenvalue weighted by Crippen LogP contribution is -2.47. The molecule has 19 heavy (non-hydrogen) atoms. The summed E-state index contributed by atoms with van der Waals surface area (Å²) in [5.41, 5.74) is 0.0644. The summed E-state index contributed by atoms with van der Waals surface area (Å²) in [4.78, 5) is 2.63. The monoisotopic (exact) mass is 268 g/mol. The molecule has 2 saturated heterocycles. The molecule has 3 heteroatoms. The van der Waals surface area contributed by atoms with E-state index in [2.05, 4.69) is 31.0 Å². The van der Waals surface area contributed by atoms with Crippen LogP contribution in [-0.4, -0.2) is 48.8 Å². The van der Waals surface area contributed by atoms with Crippen LogP contribution < -0.4 is 5.32 Å². The van der Waals surface area contributed by atoms with Gasteiger partial charge in [-0.15, -0.1) is 0 Å². The quantitative estimate of drug-likeness (QED) is 0.848. The number of likely N-dealkylation sites (tertiary alicyclic amines) is 1. The predicted molar refractivity (Wildman–Crippen MR) is 80.6 cm³/mol. The van der Waals surface area contributed by atoms with Crippen LogP contribution in [0.4, 0.5) is 0 Å². The van der Waals surface area contributed by atoms with Gasteiger partial charge in [0.15, 0.2) is 0 Å². The number of rotatable bonds is 4. The Balaban J connectivity index is 1.76. The summed E-state index contributed by atoms with van der Waals surface area (Å²) in [6.07, 6.45) is 7.63. The van der Waals surface area contributed by atoms with Gasteiger partial charge in [-0.1, -0.05) is 6.92 Å². The molecule has 2 atom stereocenters. The maximum atomic E-state index is 5.81.